The van der Waals surface area contributed by atoms with Crippen LogP contribution in [0.2, 0.25) is 0 Å². The van der Waals surface area contributed by atoms with E-state index in [4.69, 9.17) is 9.47 Å². The zero-order valence-electron chi connectivity index (χ0n) is 12.4. The number of rotatable bonds is 4. The molecule has 5 nitrogen and oxygen atoms in total. The van der Waals surface area contributed by atoms with Gasteiger partial charge < -0.3 is 19.9 Å². The molecule has 0 bridgehead atoms. The van der Waals surface area contributed by atoms with Crippen LogP contribution < -0.4 is 14.8 Å². The van der Waals surface area contributed by atoms with Crippen LogP contribution in [0.3, 0.4) is 0 Å². The Morgan fingerprint density at radius 3 is 2.05 bits per heavy atom. The maximum Gasteiger partial charge on any atom is 0.408 e. The van der Waals surface area contributed by atoms with E-state index in [0.717, 1.165) is 0 Å². The van der Waals surface area contributed by atoms with Gasteiger partial charge >= 0.3 is 6.18 Å². The Labute approximate surface area is 126 Å². The highest BCUT2D eigenvalue weighted by atomic mass is 19.4. The fraction of sp³-hybridized carbons (Fsp3) is 0.571. The molecule has 0 aliphatic carbocycles. The van der Waals surface area contributed by atoms with Gasteiger partial charge in [-0.25, -0.2) is 0 Å². The van der Waals surface area contributed by atoms with Gasteiger partial charge in [0.15, 0.2) is 11.5 Å². The third-order valence-corrected chi connectivity index (χ3v) is 3.64. The molecule has 22 heavy (non-hydrogen) atoms. The number of phenolic OH excluding ortho intramolecular Hbond substituents is 1. The van der Waals surface area contributed by atoms with Gasteiger partial charge in [-0.1, -0.05) is 0 Å². The Bertz CT molecular complexity index is 492. The summed E-state index contributed by atoms with van der Waals surface area (Å²) in [7, 11) is 2.57. The van der Waals surface area contributed by atoms with Crippen LogP contribution in [-0.4, -0.2) is 56.6 Å². The van der Waals surface area contributed by atoms with E-state index in [2.05, 4.69) is 5.32 Å². The summed E-state index contributed by atoms with van der Waals surface area (Å²) in [6.07, 6.45) is -4.44. The minimum Gasteiger partial charge on any atom is -0.502 e. The number of benzene rings is 1. The normalized spacial score (nSPS) is 18.0. The number of ether oxygens (including phenoxy) is 2. The second-order valence-electron chi connectivity index (χ2n) is 5.00. The summed E-state index contributed by atoms with van der Waals surface area (Å²) in [4.78, 5) is 1.36. The first-order valence-electron chi connectivity index (χ1n) is 6.85. The lowest BCUT2D eigenvalue weighted by atomic mass is 10.0. The fourth-order valence-corrected chi connectivity index (χ4v) is 2.62. The van der Waals surface area contributed by atoms with Crippen LogP contribution >= 0.6 is 0 Å². The van der Waals surface area contributed by atoms with Crippen molar-refractivity contribution in [3.05, 3.63) is 17.7 Å². The van der Waals surface area contributed by atoms with E-state index in [9.17, 15) is 18.3 Å². The lowest BCUT2D eigenvalue weighted by molar-refractivity contribution is -0.187. The molecule has 8 heteroatoms. The molecule has 0 spiro atoms. The number of hydrogen-bond donors (Lipinski definition) is 2. The van der Waals surface area contributed by atoms with Crippen molar-refractivity contribution in [2.24, 2.45) is 0 Å². The van der Waals surface area contributed by atoms with Gasteiger partial charge in [0.05, 0.1) is 14.2 Å². The lowest BCUT2D eigenvalue weighted by Gasteiger charge is -2.36. The quantitative estimate of drug-likeness (QED) is 0.888. The van der Waals surface area contributed by atoms with Gasteiger partial charge in [0.25, 0.3) is 0 Å². The van der Waals surface area contributed by atoms with Gasteiger partial charge in [0.1, 0.15) is 6.04 Å². The van der Waals surface area contributed by atoms with E-state index in [1.54, 1.807) is 0 Å². The zero-order chi connectivity index (χ0) is 16.3. The zero-order valence-corrected chi connectivity index (χ0v) is 12.4. The van der Waals surface area contributed by atoms with E-state index in [0.29, 0.717) is 13.1 Å². The average molecular weight is 320 g/mol. The number of alkyl halides is 3. The van der Waals surface area contributed by atoms with Crippen LogP contribution in [0.25, 0.3) is 0 Å². The highest BCUT2D eigenvalue weighted by molar-refractivity contribution is 5.53. The van der Waals surface area contributed by atoms with E-state index in [-0.39, 0.29) is 35.9 Å². The van der Waals surface area contributed by atoms with E-state index < -0.39 is 12.2 Å². The summed E-state index contributed by atoms with van der Waals surface area (Å²) >= 11 is 0. The predicted molar refractivity (Wildman–Crippen MR) is 74.4 cm³/mol. The van der Waals surface area contributed by atoms with Crippen LogP contribution in [0, 0.1) is 0 Å². The molecule has 1 aromatic rings. The molecule has 0 aromatic heterocycles. The number of piperazine rings is 1. The SMILES string of the molecule is COc1cc([C@H](N2CCNCC2)C(F)(F)F)cc(OC)c1O. The van der Waals surface area contributed by atoms with Crippen molar-refractivity contribution in [3.63, 3.8) is 0 Å². The summed E-state index contributed by atoms with van der Waals surface area (Å²) in [6, 6.07) is 0.647. The average Bonchev–Trinajstić information content (AvgIpc) is 2.48. The first-order valence-corrected chi connectivity index (χ1v) is 6.85. The Morgan fingerprint density at radius 1 is 1.14 bits per heavy atom. The molecule has 0 saturated carbocycles. The molecule has 1 aliphatic heterocycles. The molecule has 0 unspecified atom stereocenters. The van der Waals surface area contributed by atoms with Crippen molar-refractivity contribution in [2.45, 2.75) is 12.2 Å². The van der Waals surface area contributed by atoms with Crippen molar-refractivity contribution in [1.29, 1.82) is 0 Å². The standard InChI is InChI=1S/C14H19F3N2O3/c1-21-10-7-9(8-11(22-2)12(10)20)13(14(15,16)17)19-5-3-18-4-6-19/h7-8,13,18,20H,3-6H2,1-2H3/t13-/m0/s1. The monoisotopic (exact) mass is 320 g/mol. The second kappa shape index (κ2) is 6.62. The third-order valence-electron chi connectivity index (χ3n) is 3.64. The largest absolute Gasteiger partial charge is 0.502 e. The van der Waals surface area contributed by atoms with Crippen LogP contribution in [0.4, 0.5) is 13.2 Å². The predicted octanol–water partition coefficient (Wildman–Crippen LogP) is 1.92. The van der Waals surface area contributed by atoms with Gasteiger partial charge in [-0.2, -0.15) is 13.2 Å². The van der Waals surface area contributed by atoms with Gasteiger partial charge in [0.2, 0.25) is 5.75 Å². The first kappa shape index (κ1) is 16.7. The molecule has 2 N–H and O–H groups in total. The molecule has 0 radical (unpaired) electrons. The van der Waals surface area contributed by atoms with Crippen molar-refractivity contribution in [2.75, 3.05) is 40.4 Å². The van der Waals surface area contributed by atoms with Crippen LogP contribution in [0.5, 0.6) is 17.2 Å². The van der Waals surface area contributed by atoms with Crippen molar-refractivity contribution < 1.29 is 27.8 Å². The highest BCUT2D eigenvalue weighted by Crippen LogP contribution is 2.44. The fourth-order valence-electron chi connectivity index (χ4n) is 2.62. The molecule has 1 fully saturated rings. The van der Waals surface area contributed by atoms with Crippen LogP contribution in [-0.2, 0) is 0 Å². The topological polar surface area (TPSA) is 54.0 Å². The van der Waals surface area contributed by atoms with Gasteiger partial charge in [-0.3, -0.25) is 4.90 Å². The van der Waals surface area contributed by atoms with Gasteiger partial charge in [0, 0.05) is 26.2 Å². The smallest absolute Gasteiger partial charge is 0.408 e. The molecule has 1 aliphatic rings. The second-order valence-corrected chi connectivity index (χ2v) is 5.00. The molecule has 0 amide bonds. The molecule has 124 valence electrons. The van der Waals surface area contributed by atoms with Gasteiger partial charge in [-0.15, -0.1) is 0 Å². The number of aromatic hydroxyl groups is 1. The van der Waals surface area contributed by atoms with Crippen molar-refractivity contribution in [3.8, 4) is 17.2 Å². The molecular formula is C14H19F3N2O3. The molecular weight excluding hydrogens is 301 g/mol. The van der Waals surface area contributed by atoms with Gasteiger partial charge in [-0.05, 0) is 17.7 Å². The minimum atomic E-state index is -4.44. The Kier molecular flexibility index (Phi) is 5.02. The van der Waals surface area contributed by atoms with E-state index >= 15 is 0 Å². The minimum absolute atomic E-state index is 0.0131. The number of halogens is 3. The number of nitrogens with one attached hydrogen (secondary N) is 1. The maximum absolute atomic E-state index is 13.6. The third kappa shape index (κ3) is 3.38. The summed E-state index contributed by atoms with van der Waals surface area (Å²) in [5.41, 5.74) is -0.0131. The molecule has 1 saturated heterocycles. The first-order chi connectivity index (χ1) is 10.4. The summed E-state index contributed by atoms with van der Waals surface area (Å²) in [5.74, 6) is -0.396. The molecule has 1 heterocycles. The van der Waals surface area contributed by atoms with Crippen LogP contribution in [0.15, 0.2) is 12.1 Å². The van der Waals surface area contributed by atoms with Crippen molar-refractivity contribution >= 4 is 0 Å². The molecule has 1 atom stereocenters. The van der Waals surface area contributed by atoms with E-state index in [1.165, 1.54) is 31.3 Å². The summed E-state index contributed by atoms with van der Waals surface area (Å²) in [5, 5.41) is 12.9. The maximum atomic E-state index is 13.6. The molecule has 1 aromatic carbocycles. The number of phenols is 1. The number of methoxy groups -OCH3 is 2. The van der Waals surface area contributed by atoms with Crippen molar-refractivity contribution in [1.82, 2.24) is 10.2 Å². The number of nitrogens with zero attached hydrogens (tertiary/aromatic N) is 1. The highest BCUT2D eigenvalue weighted by Gasteiger charge is 2.45. The summed E-state index contributed by atoms with van der Waals surface area (Å²) in [6.45, 7) is 1.57. The van der Waals surface area contributed by atoms with E-state index in [1.807, 2.05) is 0 Å². The number of hydrogen-bond acceptors (Lipinski definition) is 5. The Morgan fingerprint density at radius 2 is 1.64 bits per heavy atom. The molecule has 2 rings (SSSR count). The Hall–Kier alpha value is -1.67. The van der Waals surface area contributed by atoms with Crippen LogP contribution in [0.1, 0.15) is 11.6 Å². The lowest BCUT2D eigenvalue weighted by Crippen LogP contribution is -2.49. The Balaban J connectivity index is 2.47. The summed E-state index contributed by atoms with van der Waals surface area (Å²) < 4.78 is 50.6.